The first-order valence-electron chi connectivity index (χ1n) is 10.8. The molecule has 6 heteroatoms. The van der Waals surface area contributed by atoms with Crippen molar-refractivity contribution in [3.8, 4) is 0 Å². The molecule has 0 bridgehead atoms. The Morgan fingerprint density at radius 3 is 2.28 bits per heavy atom. The highest BCUT2D eigenvalue weighted by atomic mass is 35.5. The van der Waals surface area contributed by atoms with E-state index in [9.17, 15) is 9.59 Å². The number of rotatable bonds is 7. The molecule has 2 aliphatic rings. The van der Waals surface area contributed by atoms with Crippen molar-refractivity contribution in [3.63, 3.8) is 0 Å². The minimum absolute atomic E-state index is 0.0352. The number of carbonyl (C=O) groups excluding carboxylic acids is 2. The van der Waals surface area contributed by atoms with E-state index in [1.807, 2.05) is 48.9 Å². The van der Waals surface area contributed by atoms with Gasteiger partial charge in [-0.2, -0.15) is 0 Å². The molecule has 1 aliphatic carbocycles. The first kappa shape index (κ1) is 22.1. The topological polar surface area (TPSA) is 43.9 Å². The summed E-state index contributed by atoms with van der Waals surface area (Å²) in [5, 5.41) is 0.756. The molecule has 160 valence electrons. The quantitative estimate of drug-likeness (QED) is 0.671. The van der Waals surface area contributed by atoms with Gasteiger partial charge in [0.2, 0.25) is 11.8 Å². The molecule has 1 aromatic carbocycles. The van der Waals surface area contributed by atoms with Gasteiger partial charge >= 0.3 is 0 Å². The third kappa shape index (κ3) is 5.32. The van der Waals surface area contributed by atoms with Gasteiger partial charge < -0.3 is 9.80 Å². The summed E-state index contributed by atoms with van der Waals surface area (Å²) in [5.41, 5.74) is 1.08. The fraction of sp³-hybridized carbons (Fsp3) is 0.652. The van der Waals surface area contributed by atoms with Crippen molar-refractivity contribution < 1.29 is 9.59 Å². The standard InChI is InChI=1S/C23H34ClN3O2/c1-16(2)25(4)23(29)18-11-13-26(14-12-18)22(28)15-27(19-9-10-19)17(3)20-7-5-6-8-21(20)24/h5-8,16-19H,9-15H2,1-4H3. The summed E-state index contributed by atoms with van der Waals surface area (Å²) in [7, 11) is 1.87. The summed E-state index contributed by atoms with van der Waals surface area (Å²) in [5.74, 6) is 0.408. The predicted molar refractivity (Wildman–Crippen MR) is 117 cm³/mol. The van der Waals surface area contributed by atoms with Gasteiger partial charge in [-0.3, -0.25) is 14.5 Å². The van der Waals surface area contributed by atoms with Crippen LogP contribution in [0.5, 0.6) is 0 Å². The zero-order chi connectivity index (χ0) is 21.1. The molecule has 0 N–H and O–H groups in total. The van der Waals surface area contributed by atoms with Gasteiger partial charge in [-0.1, -0.05) is 29.8 Å². The van der Waals surface area contributed by atoms with E-state index in [1.54, 1.807) is 0 Å². The van der Waals surface area contributed by atoms with E-state index < -0.39 is 0 Å². The average Bonchev–Trinajstić information content (AvgIpc) is 3.55. The van der Waals surface area contributed by atoms with Crippen LogP contribution in [0.1, 0.15) is 58.1 Å². The molecule has 0 radical (unpaired) electrons. The van der Waals surface area contributed by atoms with Gasteiger partial charge in [0.25, 0.3) is 0 Å². The lowest BCUT2D eigenvalue weighted by atomic mass is 9.95. The molecule has 1 saturated carbocycles. The lowest BCUT2D eigenvalue weighted by molar-refractivity contribution is -0.141. The number of nitrogens with zero attached hydrogens (tertiary/aromatic N) is 3. The summed E-state index contributed by atoms with van der Waals surface area (Å²) in [6, 6.07) is 8.68. The molecule has 1 aromatic rings. The van der Waals surface area contributed by atoms with Crippen molar-refractivity contribution in [1.82, 2.24) is 14.7 Å². The van der Waals surface area contributed by atoms with E-state index in [0.29, 0.717) is 25.7 Å². The van der Waals surface area contributed by atoms with Gasteiger partial charge in [-0.05, 0) is 58.1 Å². The molecule has 1 heterocycles. The van der Waals surface area contributed by atoms with Crippen LogP contribution in [0, 0.1) is 5.92 Å². The monoisotopic (exact) mass is 419 g/mol. The number of carbonyl (C=O) groups is 2. The first-order chi connectivity index (χ1) is 13.8. The third-order valence-corrected chi connectivity index (χ3v) is 6.85. The van der Waals surface area contributed by atoms with Gasteiger partial charge in [-0.25, -0.2) is 0 Å². The van der Waals surface area contributed by atoms with E-state index in [4.69, 9.17) is 11.6 Å². The van der Waals surface area contributed by atoms with E-state index in [0.717, 1.165) is 36.3 Å². The molecule has 2 amide bonds. The fourth-order valence-electron chi connectivity index (χ4n) is 4.16. The maximum absolute atomic E-state index is 13.0. The Labute approximate surface area is 180 Å². The molecule has 1 unspecified atom stereocenters. The highest BCUT2D eigenvalue weighted by Gasteiger charge is 2.36. The Hall–Kier alpha value is -1.59. The van der Waals surface area contributed by atoms with Crippen LogP contribution in [0.15, 0.2) is 24.3 Å². The van der Waals surface area contributed by atoms with Gasteiger partial charge in [0.15, 0.2) is 0 Å². The molecule has 1 aliphatic heterocycles. The summed E-state index contributed by atoms with van der Waals surface area (Å²) in [6.07, 6.45) is 3.79. The van der Waals surface area contributed by atoms with E-state index in [-0.39, 0.29) is 29.8 Å². The molecule has 0 spiro atoms. The van der Waals surface area contributed by atoms with Gasteiger partial charge in [-0.15, -0.1) is 0 Å². The van der Waals surface area contributed by atoms with Crippen molar-refractivity contribution in [2.45, 2.75) is 64.6 Å². The summed E-state index contributed by atoms with van der Waals surface area (Å²) >= 11 is 6.41. The van der Waals surface area contributed by atoms with Crippen LogP contribution in [0.25, 0.3) is 0 Å². The second kappa shape index (κ2) is 9.48. The first-order valence-corrected chi connectivity index (χ1v) is 11.2. The van der Waals surface area contributed by atoms with E-state index in [1.165, 1.54) is 0 Å². The van der Waals surface area contributed by atoms with Crippen LogP contribution in [0.4, 0.5) is 0 Å². The highest BCUT2D eigenvalue weighted by molar-refractivity contribution is 6.31. The van der Waals surface area contributed by atoms with Gasteiger partial charge in [0.05, 0.1) is 6.54 Å². The van der Waals surface area contributed by atoms with Crippen molar-refractivity contribution in [2.24, 2.45) is 5.92 Å². The second-order valence-electron chi connectivity index (χ2n) is 8.80. The number of halogens is 1. The van der Waals surface area contributed by atoms with Crippen molar-refractivity contribution in [1.29, 1.82) is 0 Å². The second-order valence-corrected chi connectivity index (χ2v) is 9.21. The number of hydrogen-bond acceptors (Lipinski definition) is 3. The molecular formula is C23H34ClN3O2. The number of piperidine rings is 1. The van der Waals surface area contributed by atoms with Crippen LogP contribution in [0.2, 0.25) is 5.02 Å². The Bertz CT molecular complexity index is 727. The minimum atomic E-state index is 0.0352. The molecule has 1 atom stereocenters. The van der Waals surface area contributed by atoms with Crippen LogP contribution in [0.3, 0.4) is 0 Å². The maximum atomic E-state index is 13.0. The Kier molecular flexibility index (Phi) is 7.23. The number of likely N-dealkylation sites (tertiary alicyclic amines) is 1. The third-order valence-electron chi connectivity index (χ3n) is 6.51. The zero-order valence-corrected chi connectivity index (χ0v) is 18.9. The average molecular weight is 420 g/mol. The summed E-state index contributed by atoms with van der Waals surface area (Å²) in [4.78, 5) is 31.7. The zero-order valence-electron chi connectivity index (χ0n) is 18.1. The molecule has 1 saturated heterocycles. The Morgan fingerprint density at radius 1 is 1.10 bits per heavy atom. The van der Waals surface area contributed by atoms with E-state index in [2.05, 4.69) is 17.9 Å². The number of amides is 2. The lowest BCUT2D eigenvalue weighted by Gasteiger charge is -2.36. The van der Waals surface area contributed by atoms with Crippen LogP contribution in [-0.2, 0) is 9.59 Å². The number of hydrogen-bond donors (Lipinski definition) is 0. The highest BCUT2D eigenvalue weighted by Crippen LogP contribution is 2.36. The van der Waals surface area contributed by atoms with Crippen LogP contribution < -0.4 is 0 Å². The van der Waals surface area contributed by atoms with Gasteiger partial charge in [0.1, 0.15) is 0 Å². The lowest BCUT2D eigenvalue weighted by Crippen LogP contribution is -2.48. The predicted octanol–water partition coefficient (Wildman–Crippen LogP) is 3.97. The molecule has 29 heavy (non-hydrogen) atoms. The maximum Gasteiger partial charge on any atom is 0.236 e. The van der Waals surface area contributed by atoms with Crippen molar-refractivity contribution in [2.75, 3.05) is 26.7 Å². The smallest absolute Gasteiger partial charge is 0.236 e. The SMILES string of the molecule is CC(C)N(C)C(=O)C1CCN(C(=O)CN(C2CC2)C(C)c2ccccc2Cl)CC1. The molecule has 5 nitrogen and oxygen atoms in total. The molecule has 0 aromatic heterocycles. The molecular weight excluding hydrogens is 386 g/mol. The summed E-state index contributed by atoms with van der Waals surface area (Å²) in [6.45, 7) is 7.95. The Balaban J connectivity index is 1.58. The normalized spacial score (nSPS) is 18.9. The molecule has 2 fully saturated rings. The molecule has 3 rings (SSSR count). The largest absolute Gasteiger partial charge is 0.343 e. The fourth-order valence-corrected chi connectivity index (χ4v) is 4.45. The summed E-state index contributed by atoms with van der Waals surface area (Å²) < 4.78 is 0. The van der Waals surface area contributed by atoms with Crippen LogP contribution >= 0.6 is 11.6 Å². The Morgan fingerprint density at radius 2 is 1.72 bits per heavy atom. The minimum Gasteiger partial charge on any atom is -0.343 e. The van der Waals surface area contributed by atoms with Gasteiger partial charge in [0, 0.05) is 49.2 Å². The number of benzene rings is 1. The van der Waals surface area contributed by atoms with Crippen molar-refractivity contribution >= 4 is 23.4 Å². The van der Waals surface area contributed by atoms with Crippen LogP contribution in [-0.4, -0.2) is 65.3 Å². The van der Waals surface area contributed by atoms with E-state index >= 15 is 0 Å². The van der Waals surface area contributed by atoms with Crippen molar-refractivity contribution in [3.05, 3.63) is 34.9 Å².